The molecule has 1 atom stereocenters. The van der Waals surface area contributed by atoms with E-state index < -0.39 is 6.10 Å². The van der Waals surface area contributed by atoms with Crippen LogP contribution >= 0.6 is 34.5 Å². The summed E-state index contributed by atoms with van der Waals surface area (Å²) in [6.45, 7) is 1.85. The minimum absolute atomic E-state index is 0.171. The lowest BCUT2D eigenvalue weighted by atomic mass is 10.2. The van der Waals surface area contributed by atoms with Crippen LogP contribution in [0, 0.1) is 0 Å². The maximum absolute atomic E-state index is 11.7. The van der Waals surface area contributed by atoms with Gasteiger partial charge in [-0.25, -0.2) is 4.98 Å². The SMILES string of the molecule is CC(O)CNC(=O)Cc1csc(-c2ccc(Cl)cc2Cl)n1. The molecule has 7 heteroatoms. The van der Waals surface area contributed by atoms with Crippen LogP contribution in [0.5, 0.6) is 0 Å². The first-order valence-corrected chi connectivity index (χ1v) is 7.94. The second-order valence-corrected chi connectivity index (χ2v) is 6.30. The van der Waals surface area contributed by atoms with Crippen molar-refractivity contribution in [2.75, 3.05) is 6.54 Å². The number of thiazole rings is 1. The van der Waals surface area contributed by atoms with E-state index in [0.29, 0.717) is 15.7 Å². The molecule has 2 rings (SSSR count). The van der Waals surface area contributed by atoms with Crippen molar-refractivity contribution in [3.63, 3.8) is 0 Å². The van der Waals surface area contributed by atoms with Crippen LogP contribution in [0.15, 0.2) is 23.6 Å². The number of halogens is 2. The number of hydrogen-bond acceptors (Lipinski definition) is 4. The number of nitrogens with one attached hydrogen (secondary N) is 1. The minimum atomic E-state index is -0.562. The van der Waals surface area contributed by atoms with Crippen LogP contribution in [0.2, 0.25) is 10.0 Å². The van der Waals surface area contributed by atoms with Crippen LogP contribution in [0.1, 0.15) is 12.6 Å². The van der Waals surface area contributed by atoms with Crippen LogP contribution in [-0.2, 0) is 11.2 Å². The number of aromatic nitrogens is 1. The lowest BCUT2D eigenvalue weighted by Gasteiger charge is -2.05. The van der Waals surface area contributed by atoms with Gasteiger partial charge in [-0.15, -0.1) is 11.3 Å². The molecule has 0 aliphatic carbocycles. The number of aliphatic hydroxyl groups excluding tert-OH is 1. The molecule has 2 N–H and O–H groups in total. The smallest absolute Gasteiger partial charge is 0.226 e. The maximum Gasteiger partial charge on any atom is 0.226 e. The molecule has 1 aromatic heterocycles. The van der Waals surface area contributed by atoms with E-state index in [0.717, 1.165) is 10.6 Å². The summed E-state index contributed by atoms with van der Waals surface area (Å²) >= 11 is 13.4. The van der Waals surface area contributed by atoms with Crippen molar-refractivity contribution in [3.05, 3.63) is 39.3 Å². The lowest BCUT2D eigenvalue weighted by Crippen LogP contribution is -2.31. The number of carbonyl (C=O) groups is 1. The van der Waals surface area contributed by atoms with Crippen molar-refractivity contribution in [2.45, 2.75) is 19.4 Å². The Bertz CT molecular complexity index is 644. The Labute approximate surface area is 136 Å². The fraction of sp³-hybridized carbons (Fsp3) is 0.286. The zero-order chi connectivity index (χ0) is 15.4. The van der Waals surface area contributed by atoms with Crippen molar-refractivity contribution in [2.24, 2.45) is 0 Å². The standard InChI is InChI=1S/C14H14Cl2N2O2S/c1-8(19)6-17-13(20)5-10-7-21-14(18-10)11-3-2-9(15)4-12(11)16/h2-4,7-8,19H,5-6H2,1H3,(H,17,20). The summed E-state index contributed by atoms with van der Waals surface area (Å²) in [5, 5.41) is 15.4. The topological polar surface area (TPSA) is 62.2 Å². The third-order valence-electron chi connectivity index (χ3n) is 2.65. The molecule has 1 aromatic carbocycles. The number of amides is 1. The van der Waals surface area contributed by atoms with Crippen LogP contribution in [0.3, 0.4) is 0 Å². The molecule has 0 radical (unpaired) electrons. The molecule has 0 fully saturated rings. The van der Waals surface area contributed by atoms with Gasteiger partial charge in [-0.1, -0.05) is 23.2 Å². The quantitative estimate of drug-likeness (QED) is 0.875. The summed E-state index contributed by atoms with van der Waals surface area (Å²) in [6.07, 6.45) is -0.387. The predicted octanol–water partition coefficient (Wildman–Crippen LogP) is 3.16. The van der Waals surface area contributed by atoms with E-state index in [-0.39, 0.29) is 18.9 Å². The van der Waals surface area contributed by atoms with E-state index in [1.165, 1.54) is 11.3 Å². The lowest BCUT2D eigenvalue weighted by molar-refractivity contribution is -0.120. The normalized spacial score (nSPS) is 12.2. The van der Waals surface area contributed by atoms with Gasteiger partial charge in [0.2, 0.25) is 5.91 Å². The highest BCUT2D eigenvalue weighted by Crippen LogP contribution is 2.32. The van der Waals surface area contributed by atoms with Gasteiger partial charge in [-0.3, -0.25) is 4.79 Å². The summed E-state index contributed by atoms with van der Waals surface area (Å²) in [4.78, 5) is 16.1. The molecular weight excluding hydrogens is 331 g/mol. The fourth-order valence-electron chi connectivity index (χ4n) is 1.66. The first-order chi connectivity index (χ1) is 9.95. The Morgan fingerprint density at radius 1 is 1.48 bits per heavy atom. The largest absolute Gasteiger partial charge is 0.392 e. The zero-order valence-electron chi connectivity index (χ0n) is 11.3. The maximum atomic E-state index is 11.7. The van der Waals surface area contributed by atoms with E-state index in [9.17, 15) is 4.79 Å². The van der Waals surface area contributed by atoms with Gasteiger partial charge in [0.05, 0.1) is 23.2 Å². The number of aliphatic hydroxyl groups is 1. The van der Waals surface area contributed by atoms with Crippen LogP contribution in [0.25, 0.3) is 10.6 Å². The highest BCUT2D eigenvalue weighted by molar-refractivity contribution is 7.13. The number of nitrogens with zero attached hydrogens (tertiary/aromatic N) is 1. The number of rotatable bonds is 5. The van der Waals surface area contributed by atoms with Crippen molar-refractivity contribution < 1.29 is 9.90 Å². The minimum Gasteiger partial charge on any atom is -0.392 e. The van der Waals surface area contributed by atoms with E-state index in [4.69, 9.17) is 28.3 Å². The molecule has 0 aliphatic rings. The van der Waals surface area contributed by atoms with Gasteiger partial charge >= 0.3 is 0 Å². The Morgan fingerprint density at radius 2 is 2.24 bits per heavy atom. The van der Waals surface area contributed by atoms with E-state index in [1.807, 2.05) is 5.38 Å². The zero-order valence-corrected chi connectivity index (χ0v) is 13.6. The van der Waals surface area contributed by atoms with Gasteiger partial charge in [-0.05, 0) is 25.1 Å². The van der Waals surface area contributed by atoms with Crippen molar-refractivity contribution in [1.29, 1.82) is 0 Å². The summed E-state index contributed by atoms with van der Waals surface area (Å²) in [5.41, 5.74) is 1.46. The van der Waals surface area contributed by atoms with Gasteiger partial charge < -0.3 is 10.4 Å². The Hall–Kier alpha value is -1.14. The van der Waals surface area contributed by atoms with Crippen LogP contribution in [-0.4, -0.2) is 28.6 Å². The molecule has 0 saturated carbocycles. The number of carbonyl (C=O) groups excluding carboxylic acids is 1. The van der Waals surface area contributed by atoms with Crippen LogP contribution in [0.4, 0.5) is 0 Å². The van der Waals surface area contributed by atoms with Gasteiger partial charge in [0.15, 0.2) is 0 Å². The van der Waals surface area contributed by atoms with Gasteiger partial charge in [0.25, 0.3) is 0 Å². The highest BCUT2D eigenvalue weighted by atomic mass is 35.5. The third-order valence-corrected chi connectivity index (χ3v) is 4.12. The molecule has 0 spiro atoms. The van der Waals surface area contributed by atoms with Crippen molar-refractivity contribution in [1.82, 2.24) is 10.3 Å². The summed E-state index contributed by atoms with van der Waals surface area (Å²) in [6, 6.07) is 5.22. The average molecular weight is 345 g/mol. The van der Waals surface area contributed by atoms with Crippen molar-refractivity contribution in [3.8, 4) is 10.6 Å². The highest BCUT2D eigenvalue weighted by Gasteiger charge is 2.11. The number of hydrogen-bond donors (Lipinski definition) is 2. The van der Waals surface area contributed by atoms with E-state index >= 15 is 0 Å². The van der Waals surface area contributed by atoms with E-state index in [2.05, 4.69) is 10.3 Å². The van der Waals surface area contributed by atoms with Gasteiger partial charge in [0, 0.05) is 22.5 Å². The van der Waals surface area contributed by atoms with Crippen LogP contribution < -0.4 is 5.32 Å². The average Bonchev–Trinajstić information content (AvgIpc) is 2.84. The number of benzene rings is 1. The first kappa shape index (κ1) is 16.2. The van der Waals surface area contributed by atoms with Gasteiger partial charge in [0.1, 0.15) is 5.01 Å². The second-order valence-electron chi connectivity index (χ2n) is 4.60. The molecule has 21 heavy (non-hydrogen) atoms. The molecule has 0 saturated heterocycles. The molecule has 1 unspecified atom stereocenters. The molecule has 0 aliphatic heterocycles. The Morgan fingerprint density at radius 3 is 2.90 bits per heavy atom. The Balaban J connectivity index is 2.06. The monoisotopic (exact) mass is 344 g/mol. The molecule has 4 nitrogen and oxygen atoms in total. The first-order valence-electron chi connectivity index (χ1n) is 6.30. The molecule has 0 bridgehead atoms. The molecule has 2 aromatic rings. The van der Waals surface area contributed by atoms with Gasteiger partial charge in [-0.2, -0.15) is 0 Å². The Kier molecular flexibility index (Phi) is 5.58. The van der Waals surface area contributed by atoms with E-state index in [1.54, 1.807) is 25.1 Å². The second kappa shape index (κ2) is 7.22. The molecule has 1 heterocycles. The summed E-state index contributed by atoms with van der Waals surface area (Å²) < 4.78 is 0. The molecule has 1 amide bonds. The third kappa shape index (κ3) is 4.68. The molecule has 112 valence electrons. The summed E-state index contributed by atoms with van der Waals surface area (Å²) in [7, 11) is 0. The summed E-state index contributed by atoms with van der Waals surface area (Å²) in [5.74, 6) is -0.171. The predicted molar refractivity (Wildman–Crippen MR) is 86.0 cm³/mol. The molecular formula is C14H14Cl2N2O2S. The fourth-order valence-corrected chi connectivity index (χ4v) is 3.08. The van der Waals surface area contributed by atoms with Crippen molar-refractivity contribution >= 4 is 40.4 Å².